The quantitative estimate of drug-likeness (QED) is 0.686. The Morgan fingerprint density at radius 2 is 1.25 bits per heavy atom. The van der Waals surface area contributed by atoms with Gasteiger partial charge in [0.1, 0.15) is 22.8 Å². The maximum Gasteiger partial charge on any atom is 0.202 e. The van der Waals surface area contributed by atoms with Crippen LogP contribution in [0.1, 0.15) is 51.9 Å². The van der Waals surface area contributed by atoms with Gasteiger partial charge in [-0.1, -0.05) is 53.3 Å². The molecule has 0 spiro atoms. The van der Waals surface area contributed by atoms with E-state index in [1.54, 1.807) is 19.2 Å². The Hall–Kier alpha value is -1.06. The van der Waals surface area contributed by atoms with E-state index in [1.165, 1.54) is 14.2 Å². The molecule has 0 bridgehead atoms. The topological polar surface area (TPSA) is 44.8 Å². The lowest BCUT2D eigenvalue weighted by Gasteiger charge is -2.43. The third kappa shape index (κ3) is 3.48. The molecule has 0 aliphatic heterocycles. The normalized spacial score (nSPS) is 12.7. The second-order valence-electron chi connectivity index (χ2n) is 7.66. The zero-order valence-electron chi connectivity index (χ0n) is 16.1. The van der Waals surface area contributed by atoms with Gasteiger partial charge in [-0.05, 0) is 10.3 Å². The van der Waals surface area contributed by atoms with Crippen LogP contribution < -0.4 is 14.2 Å². The van der Waals surface area contributed by atoms with Crippen LogP contribution in [0.25, 0.3) is 0 Å². The summed E-state index contributed by atoms with van der Waals surface area (Å²) in [6, 6.07) is 0.880. The number of ether oxygens (including phenoxy) is 3. The minimum Gasteiger partial charge on any atom is -0.496 e. The Morgan fingerprint density at radius 3 is 1.50 bits per heavy atom. The van der Waals surface area contributed by atoms with Crippen LogP contribution in [-0.2, 0) is 11.8 Å². The van der Waals surface area contributed by atoms with Crippen LogP contribution in [0.2, 0.25) is 0 Å². The lowest BCUT2D eigenvalue weighted by atomic mass is 10.2. The molecule has 0 radical (unpaired) electrons. The van der Waals surface area contributed by atoms with E-state index in [4.69, 9.17) is 26.0 Å². The molecule has 1 rings (SSSR count). The second-order valence-corrected chi connectivity index (χ2v) is 13.6. The summed E-state index contributed by atoms with van der Waals surface area (Å²) in [7, 11) is 4.62. The number of carbonyl (C=O) groups excluding carboxylic acids is 1. The molecule has 0 aliphatic carbocycles. The molecule has 0 aromatic heterocycles. The van der Waals surface area contributed by atoms with E-state index >= 15 is 0 Å². The van der Waals surface area contributed by atoms with Crippen LogP contribution in [-0.4, -0.2) is 37.2 Å². The molecule has 1 aromatic carbocycles. The molecule has 0 N–H and O–H groups in total. The van der Waals surface area contributed by atoms with Gasteiger partial charge >= 0.3 is 0 Å². The molecule has 0 saturated heterocycles. The smallest absolute Gasteiger partial charge is 0.202 e. The highest BCUT2D eigenvalue weighted by atomic mass is 32.4. The lowest BCUT2D eigenvalue weighted by Crippen LogP contribution is -2.33. The van der Waals surface area contributed by atoms with Crippen molar-refractivity contribution < 1.29 is 19.0 Å². The van der Waals surface area contributed by atoms with Gasteiger partial charge in [0.25, 0.3) is 0 Å². The third-order valence-corrected chi connectivity index (χ3v) is 12.5. The van der Waals surface area contributed by atoms with E-state index in [-0.39, 0.29) is 15.8 Å². The van der Waals surface area contributed by atoms with Gasteiger partial charge in [-0.2, -0.15) is 0 Å². The summed E-state index contributed by atoms with van der Waals surface area (Å²) in [5, 5.41) is -0.652. The molecular formula is C18H29O4PS. The predicted molar refractivity (Wildman–Crippen MR) is 104 cm³/mol. The summed E-state index contributed by atoms with van der Waals surface area (Å²) in [6.07, 6.45) is 0. The Bertz CT molecular complexity index is 626. The summed E-state index contributed by atoms with van der Waals surface area (Å²) in [5.41, 5.74) is 0.350. The van der Waals surface area contributed by atoms with Gasteiger partial charge in [0.05, 0.1) is 21.3 Å². The predicted octanol–water partition coefficient (Wildman–Crippen LogP) is 4.93. The van der Waals surface area contributed by atoms with Crippen LogP contribution in [0.4, 0.5) is 0 Å². The zero-order chi connectivity index (χ0) is 18.9. The van der Waals surface area contributed by atoms with Gasteiger partial charge in [-0.15, -0.1) is 0 Å². The van der Waals surface area contributed by atoms with Gasteiger partial charge in [0.2, 0.25) is 5.52 Å². The van der Waals surface area contributed by atoms with Crippen molar-refractivity contribution >= 4 is 23.4 Å². The van der Waals surface area contributed by atoms with Crippen molar-refractivity contribution in [1.82, 2.24) is 0 Å². The van der Waals surface area contributed by atoms with Crippen molar-refractivity contribution in [3.05, 3.63) is 17.7 Å². The summed E-state index contributed by atoms with van der Waals surface area (Å²) in [6.45, 7) is 12.2. The molecule has 0 fully saturated rings. The molecule has 136 valence electrons. The fraction of sp³-hybridized carbons (Fsp3) is 0.611. The van der Waals surface area contributed by atoms with E-state index in [0.29, 0.717) is 22.8 Å². The average Bonchev–Trinajstić information content (AvgIpc) is 2.49. The molecule has 0 unspecified atom stereocenters. The third-order valence-electron chi connectivity index (χ3n) is 4.10. The highest BCUT2D eigenvalue weighted by molar-refractivity contribution is 8.24. The first-order valence-corrected chi connectivity index (χ1v) is 10.6. The SMILES string of the molecule is COc1cc(OC)c(C(=O)P(=S)(C(C)(C)C)C(C)(C)C)c(OC)c1. The van der Waals surface area contributed by atoms with E-state index in [0.717, 1.165) is 0 Å². The fourth-order valence-corrected chi connectivity index (χ4v) is 7.03. The molecular weight excluding hydrogens is 343 g/mol. The number of rotatable bonds is 5. The van der Waals surface area contributed by atoms with E-state index in [9.17, 15) is 4.79 Å². The maximum absolute atomic E-state index is 13.7. The Labute approximate surface area is 150 Å². The molecule has 6 heteroatoms. The largest absolute Gasteiger partial charge is 0.496 e. The zero-order valence-corrected chi connectivity index (χ0v) is 17.9. The molecule has 24 heavy (non-hydrogen) atoms. The van der Waals surface area contributed by atoms with E-state index < -0.39 is 6.04 Å². The van der Waals surface area contributed by atoms with Gasteiger partial charge in [-0.25, -0.2) is 0 Å². The Morgan fingerprint density at radius 1 is 0.875 bits per heavy atom. The monoisotopic (exact) mass is 372 g/mol. The summed E-state index contributed by atoms with van der Waals surface area (Å²) in [5.74, 6) is 1.43. The van der Waals surface area contributed by atoms with E-state index in [2.05, 4.69) is 0 Å². The minimum atomic E-state index is -2.51. The molecule has 0 heterocycles. The lowest BCUT2D eigenvalue weighted by molar-refractivity contribution is 0.107. The summed E-state index contributed by atoms with van der Waals surface area (Å²) >= 11 is 6.08. The van der Waals surface area contributed by atoms with Crippen LogP contribution in [0, 0.1) is 0 Å². The number of benzene rings is 1. The first-order chi connectivity index (χ1) is 10.8. The van der Waals surface area contributed by atoms with Crippen molar-refractivity contribution in [2.24, 2.45) is 0 Å². The van der Waals surface area contributed by atoms with Gasteiger partial charge in [-0.3, -0.25) is 4.79 Å². The number of hydrogen-bond acceptors (Lipinski definition) is 5. The van der Waals surface area contributed by atoms with Crippen LogP contribution in [0.3, 0.4) is 0 Å². The highest BCUT2D eigenvalue weighted by Crippen LogP contribution is 2.69. The summed E-state index contributed by atoms with van der Waals surface area (Å²) in [4.78, 5) is 13.7. The number of methoxy groups -OCH3 is 3. The van der Waals surface area contributed by atoms with Crippen molar-refractivity contribution in [3.63, 3.8) is 0 Å². The maximum atomic E-state index is 13.7. The van der Waals surface area contributed by atoms with Gasteiger partial charge in [0, 0.05) is 18.2 Å². The van der Waals surface area contributed by atoms with Crippen LogP contribution in [0.15, 0.2) is 12.1 Å². The highest BCUT2D eigenvalue weighted by Gasteiger charge is 2.49. The van der Waals surface area contributed by atoms with Gasteiger partial charge < -0.3 is 14.2 Å². The first kappa shape index (κ1) is 21.0. The van der Waals surface area contributed by atoms with Crippen LogP contribution in [0.5, 0.6) is 17.2 Å². The Kier molecular flexibility index (Phi) is 6.16. The van der Waals surface area contributed by atoms with Crippen molar-refractivity contribution in [2.45, 2.75) is 51.9 Å². The average molecular weight is 372 g/mol. The van der Waals surface area contributed by atoms with Gasteiger partial charge in [0.15, 0.2) is 0 Å². The van der Waals surface area contributed by atoms with Crippen molar-refractivity contribution in [3.8, 4) is 17.2 Å². The molecule has 4 nitrogen and oxygen atoms in total. The molecule has 0 saturated carbocycles. The molecule has 0 amide bonds. The van der Waals surface area contributed by atoms with Crippen LogP contribution >= 0.6 is 6.04 Å². The molecule has 1 aromatic rings. The first-order valence-electron chi connectivity index (χ1n) is 7.80. The second kappa shape index (κ2) is 7.05. The molecule has 0 atom stereocenters. The minimum absolute atomic E-state index is 0.0612. The summed E-state index contributed by atoms with van der Waals surface area (Å²) < 4.78 is 16.2. The fourth-order valence-electron chi connectivity index (χ4n) is 2.99. The molecule has 0 aliphatic rings. The standard InChI is InChI=1S/C18H29O4PS/c1-17(2,3)23(24,18(4,5)6)16(19)15-13(21-8)10-12(20-7)11-14(15)22-9/h10-11H,1-9H3. The Balaban J connectivity index is 3.77. The van der Waals surface area contributed by atoms with Crippen molar-refractivity contribution in [1.29, 1.82) is 0 Å². The number of hydrogen-bond donors (Lipinski definition) is 0. The van der Waals surface area contributed by atoms with E-state index in [1.807, 2.05) is 41.5 Å². The number of carbonyl (C=O) groups is 1. The van der Waals surface area contributed by atoms with Crippen molar-refractivity contribution in [2.75, 3.05) is 21.3 Å².